The second-order valence-electron chi connectivity index (χ2n) is 7.10. The lowest BCUT2D eigenvalue weighted by molar-refractivity contribution is 0.699. The van der Waals surface area contributed by atoms with Crippen LogP contribution < -0.4 is 4.90 Å². The van der Waals surface area contributed by atoms with Gasteiger partial charge in [-0.3, -0.25) is 0 Å². The summed E-state index contributed by atoms with van der Waals surface area (Å²) in [6, 6.07) is 21.1. The van der Waals surface area contributed by atoms with Crippen LogP contribution in [0.2, 0.25) is 0 Å². The van der Waals surface area contributed by atoms with Crippen LogP contribution in [0.1, 0.15) is 28.2 Å². The Bertz CT molecular complexity index is 1100. The monoisotopic (exact) mass is 355 g/mol. The minimum atomic E-state index is 0.676. The Morgan fingerprint density at radius 1 is 0.926 bits per heavy atom. The smallest absolute Gasteiger partial charge is 0.254 e. The molecule has 0 aliphatic carbocycles. The molecular formula is C22H21N5. The topological polar surface area (TPSA) is 46.3 Å². The van der Waals surface area contributed by atoms with Gasteiger partial charge in [0, 0.05) is 31.3 Å². The van der Waals surface area contributed by atoms with E-state index in [1.807, 2.05) is 29.6 Å². The van der Waals surface area contributed by atoms with Crippen LogP contribution in [0, 0.1) is 6.92 Å². The van der Waals surface area contributed by atoms with E-state index in [4.69, 9.17) is 5.10 Å². The van der Waals surface area contributed by atoms with Gasteiger partial charge in [0.05, 0.1) is 0 Å². The normalized spacial score (nSPS) is 13.7. The van der Waals surface area contributed by atoms with E-state index in [0.29, 0.717) is 12.2 Å². The SMILES string of the molecule is Cc1cc(N2CCc3ccccc3C2)n2nc(Cc3ccccc3)nc2n1. The number of anilines is 1. The third-order valence-corrected chi connectivity index (χ3v) is 5.12. The molecule has 0 saturated carbocycles. The Morgan fingerprint density at radius 3 is 2.56 bits per heavy atom. The van der Waals surface area contributed by atoms with Crippen LogP contribution in [-0.4, -0.2) is 26.1 Å². The first-order chi connectivity index (χ1) is 13.3. The number of hydrogen-bond acceptors (Lipinski definition) is 4. The van der Waals surface area contributed by atoms with Crippen LogP contribution in [0.4, 0.5) is 5.82 Å². The van der Waals surface area contributed by atoms with Gasteiger partial charge in [-0.15, -0.1) is 5.10 Å². The first kappa shape index (κ1) is 16.0. The highest BCUT2D eigenvalue weighted by atomic mass is 15.4. The summed E-state index contributed by atoms with van der Waals surface area (Å²) in [6.45, 7) is 3.89. The van der Waals surface area contributed by atoms with E-state index in [-0.39, 0.29) is 0 Å². The molecule has 0 amide bonds. The second kappa shape index (κ2) is 6.50. The fraction of sp³-hybridized carbons (Fsp3) is 0.227. The van der Waals surface area contributed by atoms with Gasteiger partial charge in [0.15, 0.2) is 5.82 Å². The van der Waals surface area contributed by atoms with Gasteiger partial charge in [-0.25, -0.2) is 4.98 Å². The van der Waals surface area contributed by atoms with Crippen LogP contribution in [-0.2, 0) is 19.4 Å². The Morgan fingerprint density at radius 2 is 1.70 bits per heavy atom. The number of aryl methyl sites for hydroxylation is 1. The molecule has 5 heteroatoms. The predicted molar refractivity (Wildman–Crippen MR) is 106 cm³/mol. The molecule has 2 aromatic heterocycles. The third kappa shape index (κ3) is 3.05. The van der Waals surface area contributed by atoms with E-state index in [2.05, 4.69) is 57.3 Å². The molecule has 134 valence electrons. The van der Waals surface area contributed by atoms with Crippen molar-refractivity contribution in [1.29, 1.82) is 0 Å². The molecule has 5 rings (SSSR count). The van der Waals surface area contributed by atoms with Crippen molar-refractivity contribution in [1.82, 2.24) is 19.6 Å². The predicted octanol–water partition coefficient (Wildman–Crippen LogP) is 3.59. The van der Waals surface area contributed by atoms with Gasteiger partial charge in [0.25, 0.3) is 5.78 Å². The molecule has 0 radical (unpaired) electrons. The summed E-state index contributed by atoms with van der Waals surface area (Å²) in [5.74, 6) is 2.55. The van der Waals surface area contributed by atoms with Crippen LogP contribution in [0.15, 0.2) is 60.7 Å². The maximum atomic E-state index is 4.78. The lowest BCUT2D eigenvalue weighted by Crippen LogP contribution is -2.32. The number of benzene rings is 2. The van der Waals surface area contributed by atoms with E-state index in [0.717, 1.165) is 36.8 Å². The lowest BCUT2D eigenvalue weighted by atomic mass is 10.00. The maximum absolute atomic E-state index is 4.78. The average molecular weight is 355 g/mol. The maximum Gasteiger partial charge on any atom is 0.254 e. The number of hydrogen-bond donors (Lipinski definition) is 0. The van der Waals surface area contributed by atoms with Crippen molar-refractivity contribution in [3.05, 3.63) is 88.9 Å². The summed E-state index contributed by atoms with van der Waals surface area (Å²) in [4.78, 5) is 11.7. The van der Waals surface area contributed by atoms with Crippen molar-refractivity contribution < 1.29 is 0 Å². The zero-order chi connectivity index (χ0) is 18.2. The number of fused-ring (bicyclic) bond motifs is 2. The molecule has 5 nitrogen and oxygen atoms in total. The van der Waals surface area contributed by atoms with Crippen LogP contribution >= 0.6 is 0 Å². The van der Waals surface area contributed by atoms with Gasteiger partial charge < -0.3 is 4.90 Å². The Hall–Kier alpha value is -3.21. The minimum Gasteiger partial charge on any atom is -0.352 e. The highest BCUT2D eigenvalue weighted by Gasteiger charge is 2.20. The molecule has 0 spiro atoms. The molecule has 2 aromatic carbocycles. The standard InChI is InChI=1S/C22H21N5/c1-16-13-21(26-12-11-18-9-5-6-10-19(18)15-26)27-22(23-16)24-20(25-27)14-17-7-3-2-4-8-17/h2-10,13H,11-12,14-15H2,1H3. The Kier molecular flexibility index (Phi) is 3.85. The highest BCUT2D eigenvalue weighted by Crippen LogP contribution is 2.25. The van der Waals surface area contributed by atoms with Gasteiger partial charge in [-0.05, 0) is 30.0 Å². The molecule has 0 atom stereocenters. The zero-order valence-corrected chi connectivity index (χ0v) is 15.3. The number of aromatic nitrogens is 4. The molecular weight excluding hydrogens is 334 g/mol. The minimum absolute atomic E-state index is 0.676. The average Bonchev–Trinajstić information content (AvgIpc) is 3.09. The number of nitrogens with zero attached hydrogens (tertiary/aromatic N) is 5. The molecule has 0 saturated heterocycles. The van der Waals surface area contributed by atoms with Crippen molar-refractivity contribution >= 4 is 11.6 Å². The van der Waals surface area contributed by atoms with Gasteiger partial charge in [0.1, 0.15) is 5.82 Å². The van der Waals surface area contributed by atoms with E-state index in [1.54, 1.807) is 0 Å². The van der Waals surface area contributed by atoms with Crippen molar-refractivity contribution in [2.45, 2.75) is 26.3 Å². The summed E-state index contributed by atoms with van der Waals surface area (Å²) in [6.07, 6.45) is 1.76. The van der Waals surface area contributed by atoms with Crippen molar-refractivity contribution in [3.8, 4) is 0 Å². The zero-order valence-electron chi connectivity index (χ0n) is 15.3. The van der Waals surface area contributed by atoms with Gasteiger partial charge in [0.2, 0.25) is 0 Å². The fourth-order valence-electron chi connectivity index (χ4n) is 3.78. The molecule has 1 aliphatic rings. The van der Waals surface area contributed by atoms with Crippen LogP contribution in [0.3, 0.4) is 0 Å². The van der Waals surface area contributed by atoms with E-state index in [1.165, 1.54) is 16.7 Å². The summed E-state index contributed by atoms with van der Waals surface area (Å²) >= 11 is 0. The molecule has 0 unspecified atom stereocenters. The highest BCUT2D eigenvalue weighted by molar-refractivity contribution is 5.50. The first-order valence-electron chi connectivity index (χ1n) is 9.35. The summed E-state index contributed by atoms with van der Waals surface area (Å²) in [5, 5.41) is 4.78. The molecule has 3 heterocycles. The fourth-order valence-corrected chi connectivity index (χ4v) is 3.78. The van der Waals surface area contributed by atoms with Gasteiger partial charge in [-0.2, -0.15) is 9.50 Å². The van der Waals surface area contributed by atoms with E-state index < -0.39 is 0 Å². The van der Waals surface area contributed by atoms with Crippen LogP contribution in [0.5, 0.6) is 0 Å². The molecule has 0 bridgehead atoms. The van der Waals surface area contributed by atoms with Crippen molar-refractivity contribution in [2.24, 2.45) is 0 Å². The molecule has 0 N–H and O–H groups in total. The first-order valence-corrected chi connectivity index (χ1v) is 9.35. The molecule has 27 heavy (non-hydrogen) atoms. The third-order valence-electron chi connectivity index (χ3n) is 5.12. The summed E-state index contributed by atoms with van der Waals surface area (Å²) in [7, 11) is 0. The van der Waals surface area contributed by atoms with Gasteiger partial charge >= 0.3 is 0 Å². The molecule has 1 aliphatic heterocycles. The largest absolute Gasteiger partial charge is 0.352 e. The van der Waals surface area contributed by atoms with E-state index in [9.17, 15) is 0 Å². The Labute approximate surface area is 158 Å². The van der Waals surface area contributed by atoms with Crippen molar-refractivity contribution in [2.75, 3.05) is 11.4 Å². The summed E-state index contributed by atoms with van der Waals surface area (Å²) in [5.41, 5.74) is 5.00. The summed E-state index contributed by atoms with van der Waals surface area (Å²) < 4.78 is 1.90. The lowest BCUT2D eigenvalue weighted by Gasteiger charge is -2.30. The van der Waals surface area contributed by atoms with Crippen molar-refractivity contribution in [3.63, 3.8) is 0 Å². The van der Waals surface area contributed by atoms with E-state index >= 15 is 0 Å². The second-order valence-corrected chi connectivity index (χ2v) is 7.10. The molecule has 0 fully saturated rings. The number of rotatable bonds is 3. The Balaban J connectivity index is 1.52. The van der Waals surface area contributed by atoms with Gasteiger partial charge in [-0.1, -0.05) is 54.6 Å². The molecule has 4 aromatic rings. The van der Waals surface area contributed by atoms with Crippen LogP contribution in [0.25, 0.3) is 5.78 Å². The quantitative estimate of drug-likeness (QED) is 0.563.